The summed E-state index contributed by atoms with van der Waals surface area (Å²) in [4.78, 5) is 13.8. The van der Waals surface area contributed by atoms with Crippen LogP contribution in [-0.4, -0.2) is 54.5 Å². The predicted octanol–water partition coefficient (Wildman–Crippen LogP) is 1.76. The smallest absolute Gasteiger partial charge is 0.410 e. The Labute approximate surface area is 121 Å². The molecule has 0 radical (unpaired) electrons. The van der Waals surface area contributed by atoms with Gasteiger partial charge in [-0.15, -0.1) is 0 Å². The maximum absolute atomic E-state index is 12.0. The van der Waals surface area contributed by atoms with Crippen LogP contribution in [0.4, 0.5) is 4.79 Å². The van der Waals surface area contributed by atoms with Crippen LogP contribution in [0.1, 0.15) is 40.0 Å². The molecule has 3 aliphatic rings. The molecule has 3 rings (SSSR count). The number of likely N-dealkylation sites (tertiary alicyclic amines) is 1. The molecule has 2 heterocycles. The quantitative estimate of drug-likeness (QED) is 0.838. The van der Waals surface area contributed by atoms with Gasteiger partial charge in [0, 0.05) is 12.6 Å². The molecule has 1 aliphatic carbocycles. The Morgan fingerprint density at radius 1 is 1.40 bits per heavy atom. The molecule has 114 valence electrons. The number of amides is 1. The Morgan fingerprint density at radius 2 is 2.10 bits per heavy atom. The van der Waals surface area contributed by atoms with Crippen LogP contribution in [-0.2, 0) is 9.47 Å². The number of morpholine rings is 1. The van der Waals surface area contributed by atoms with Crippen molar-refractivity contribution in [3.8, 4) is 0 Å². The number of hydrogen-bond donors (Lipinski definition) is 1. The van der Waals surface area contributed by atoms with E-state index in [1.54, 1.807) is 4.90 Å². The average Bonchev–Trinajstić information content (AvgIpc) is 3.08. The molecule has 2 aliphatic heterocycles. The van der Waals surface area contributed by atoms with Crippen molar-refractivity contribution in [2.24, 2.45) is 5.92 Å². The molecule has 1 N–H and O–H groups in total. The molecule has 1 atom stereocenters. The summed E-state index contributed by atoms with van der Waals surface area (Å²) >= 11 is 0. The lowest BCUT2D eigenvalue weighted by atomic mass is 9.82. The van der Waals surface area contributed by atoms with Gasteiger partial charge in [0.05, 0.1) is 19.7 Å². The number of nitrogens with one attached hydrogen (secondary N) is 1. The first-order chi connectivity index (χ1) is 9.38. The van der Waals surface area contributed by atoms with Gasteiger partial charge in [-0.1, -0.05) is 12.8 Å². The van der Waals surface area contributed by atoms with E-state index in [1.807, 2.05) is 20.8 Å². The third-order valence-corrected chi connectivity index (χ3v) is 4.35. The normalized spacial score (nSPS) is 29.1. The highest BCUT2D eigenvalue weighted by atomic mass is 16.6. The van der Waals surface area contributed by atoms with Crippen LogP contribution in [0.3, 0.4) is 0 Å². The molecule has 0 aromatic rings. The van der Waals surface area contributed by atoms with E-state index >= 15 is 0 Å². The van der Waals surface area contributed by atoms with Gasteiger partial charge in [-0.05, 0) is 33.1 Å². The van der Waals surface area contributed by atoms with Gasteiger partial charge in [0.15, 0.2) is 0 Å². The van der Waals surface area contributed by atoms with Crippen LogP contribution < -0.4 is 5.32 Å². The summed E-state index contributed by atoms with van der Waals surface area (Å²) < 4.78 is 11.5. The van der Waals surface area contributed by atoms with E-state index in [2.05, 4.69) is 5.32 Å². The topological polar surface area (TPSA) is 50.8 Å². The van der Waals surface area contributed by atoms with Gasteiger partial charge in [0.2, 0.25) is 0 Å². The standard InChI is InChI=1S/C15H26N2O3/c1-14(2,3)20-13(18)17-9-15(10-17)12(8-11-4-5-11)16-6-7-19-15/h11-12,16H,4-10H2,1-3H3. The van der Waals surface area contributed by atoms with Gasteiger partial charge >= 0.3 is 6.09 Å². The van der Waals surface area contributed by atoms with Crippen LogP contribution >= 0.6 is 0 Å². The molecule has 3 fully saturated rings. The second-order valence-corrected chi connectivity index (χ2v) is 7.44. The van der Waals surface area contributed by atoms with Crippen LogP contribution in [0.5, 0.6) is 0 Å². The van der Waals surface area contributed by atoms with Crippen molar-refractivity contribution >= 4 is 6.09 Å². The highest BCUT2D eigenvalue weighted by molar-refractivity contribution is 5.69. The zero-order valence-electron chi connectivity index (χ0n) is 12.8. The SMILES string of the molecule is CC(C)(C)OC(=O)N1CC2(C1)OCCNC2CC1CC1. The van der Waals surface area contributed by atoms with Crippen molar-refractivity contribution in [3.63, 3.8) is 0 Å². The zero-order valence-corrected chi connectivity index (χ0v) is 12.8. The fourth-order valence-electron chi connectivity index (χ4n) is 3.13. The summed E-state index contributed by atoms with van der Waals surface area (Å²) in [6, 6.07) is 0.391. The van der Waals surface area contributed by atoms with Crippen LogP contribution in [0.25, 0.3) is 0 Å². The fourth-order valence-corrected chi connectivity index (χ4v) is 3.13. The Hall–Kier alpha value is -0.810. The fraction of sp³-hybridized carbons (Fsp3) is 0.933. The molecule has 1 unspecified atom stereocenters. The maximum atomic E-state index is 12.0. The minimum absolute atomic E-state index is 0.169. The van der Waals surface area contributed by atoms with Gasteiger partial charge in [0.25, 0.3) is 0 Å². The van der Waals surface area contributed by atoms with Crippen molar-refractivity contribution in [3.05, 3.63) is 0 Å². The van der Waals surface area contributed by atoms with Crippen LogP contribution in [0.15, 0.2) is 0 Å². The molecule has 0 aromatic heterocycles. The first-order valence-electron chi connectivity index (χ1n) is 7.73. The first-order valence-corrected chi connectivity index (χ1v) is 7.73. The van der Waals surface area contributed by atoms with Crippen molar-refractivity contribution in [1.82, 2.24) is 10.2 Å². The largest absolute Gasteiger partial charge is 0.444 e. The summed E-state index contributed by atoms with van der Waals surface area (Å²) in [7, 11) is 0. The lowest BCUT2D eigenvalue weighted by molar-refractivity contribution is -0.176. The maximum Gasteiger partial charge on any atom is 0.410 e. The molecule has 1 saturated carbocycles. The molecule has 2 saturated heterocycles. The number of carbonyl (C=O) groups excluding carboxylic acids is 1. The second-order valence-electron chi connectivity index (χ2n) is 7.44. The van der Waals surface area contributed by atoms with Crippen LogP contribution in [0, 0.1) is 5.92 Å². The Balaban J connectivity index is 1.56. The predicted molar refractivity (Wildman–Crippen MR) is 75.6 cm³/mol. The van der Waals surface area contributed by atoms with Gasteiger partial charge in [-0.2, -0.15) is 0 Å². The monoisotopic (exact) mass is 282 g/mol. The highest BCUT2D eigenvalue weighted by Crippen LogP contribution is 2.40. The second kappa shape index (κ2) is 4.88. The van der Waals surface area contributed by atoms with Gasteiger partial charge in [0.1, 0.15) is 11.2 Å². The summed E-state index contributed by atoms with van der Waals surface area (Å²) in [5, 5.41) is 3.59. The summed E-state index contributed by atoms with van der Waals surface area (Å²) in [6.45, 7) is 8.67. The molecule has 5 nitrogen and oxygen atoms in total. The van der Waals surface area contributed by atoms with E-state index < -0.39 is 5.60 Å². The minimum Gasteiger partial charge on any atom is -0.444 e. The van der Waals surface area contributed by atoms with Gasteiger partial charge in [-0.3, -0.25) is 0 Å². The molecule has 1 spiro atoms. The number of nitrogens with zero attached hydrogens (tertiary/aromatic N) is 1. The molecular weight excluding hydrogens is 256 g/mol. The van der Waals surface area contributed by atoms with Crippen molar-refractivity contribution < 1.29 is 14.3 Å². The van der Waals surface area contributed by atoms with E-state index in [4.69, 9.17) is 9.47 Å². The highest BCUT2D eigenvalue weighted by Gasteiger charge is 2.54. The summed E-state index contributed by atoms with van der Waals surface area (Å²) in [5.74, 6) is 0.863. The Bertz CT molecular complexity index is 381. The lowest BCUT2D eigenvalue weighted by Gasteiger charge is -2.55. The number of carbonyl (C=O) groups is 1. The first kappa shape index (κ1) is 14.1. The molecule has 1 amide bonds. The van der Waals surface area contributed by atoms with E-state index in [9.17, 15) is 4.79 Å². The molecule has 0 bridgehead atoms. The van der Waals surface area contributed by atoms with Gasteiger partial charge < -0.3 is 19.7 Å². The summed E-state index contributed by atoms with van der Waals surface area (Å²) in [5.41, 5.74) is -0.601. The molecular formula is C15H26N2O3. The van der Waals surface area contributed by atoms with Crippen LogP contribution in [0.2, 0.25) is 0 Å². The Kier molecular flexibility index (Phi) is 3.45. The average molecular weight is 282 g/mol. The Morgan fingerprint density at radius 3 is 2.70 bits per heavy atom. The zero-order chi connectivity index (χ0) is 14.4. The number of hydrogen-bond acceptors (Lipinski definition) is 4. The van der Waals surface area contributed by atoms with E-state index in [0.717, 1.165) is 19.1 Å². The van der Waals surface area contributed by atoms with E-state index in [0.29, 0.717) is 19.1 Å². The van der Waals surface area contributed by atoms with Crippen molar-refractivity contribution in [1.29, 1.82) is 0 Å². The van der Waals surface area contributed by atoms with Crippen molar-refractivity contribution in [2.75, 3.05) is 26.2 Å². The van der Waals surface area contributed by atoms with Crippen molar-refractivity contribution in [2.45, 2.75) is 57.3 Å². The molecule has 20 heavy (non-hydrogen) atoms. The lowest BCUT2D eigenvalue weighted by Crippen LogP contribution is -2.75. The third kappa shape index (κ3) is 2.93. The van der Waals surface area contributed by atoms with E-state index in [-0.39, 0.29) is 11.7 Å². The molecule has 5 heteroatoms. The molecule has 0 aromatic carbocycles. The summed E-state index contributed by atoms with van der Waals surface area (Å²) in [6.07, 6.45) is 3.67. The number of ether oxygens (including phenoxy) is 2. The minimum atomic E-state index is -0.432. The number of rotatable bonds is 2. The third-order valence-electron chi connectivity index (χ3n) is 4.35. The van der Waals surface area contributed by atoms with E-state index in [1.165, 1.54) is 19.3 Å². The van der Waals surface area contributed by atoms with Gasteiger partial charge in [-0.25, -0.2) is 4.79 Å².